The molecule has 0 radical (unpaired) electrons. The molecule has 0 aliphatic rings. The van der Waals surface area contributed by atoms with E-state index in [9.17, 15) is 0 Å². The van der Waals surface area contributed by atoms with E-state index >= 15 is 0 Å². The van der Waals surface area contributed by atoms with Crippen LogP contribution >= 0.6 is 11.8 Å². The maximum absolute atomic E-state index is 4.60. The van der Waals surface area contributed by atoms with Gasteiger partial charge in [-0.1, -0.05) is 78.5 Å². The first-order chi connectivity index (χ1) is 11.4. The first-order valence-electron chi connectivity index (χ1n) is 7.60. The van der Waals surface area contributed by atoms with E-state index in [1.165, 1.54) is 16.7 Å². The fraction of sp³-hybridized carbons (Fsp3) is 0.0500. The van der Waals surface area contributed by atoms with Crippen LogP contribution in [-0.2, 0) is 5.75 Å². The second kappa shape index (κ2) is 6.31. The summed E-state index contributed by atoms with van der Waals surface area (Å²) in [6, 6.07) is 27.3. The van der Waals surface area contributed by atoms with E-state index in [1.807, 2.05) is 24.3 Å². The predicted molar refractivity (Wildman–Crippen MR) is 97.5 cm³/mol. The fourth-order valence-corrected chi connectivity index (χ4v) is 3.41. The van der Waals surface area contributed by atoms with Crippen LogP contribution in [0.5, 0.6) is 0 Å². The van der Waals surface area contributed by atoms with Crippen LogP contribution in [0, 0.1) is 0 Å². The standard InChI is InChI=1S/C20H16N2S/c1-2-6-16(7-3-1)17-12-10-15(11-13-17)14-23-20-21-18-8-4-5-9-19(18)22-20/h1-13H,14H2,(H,21,22). The second-order valence-electron chi connectivity index (χ2n) is 5.41. The van der Waals surface area contributed by atoms with Crippen molar-refractivity contribution >= 4 is 22.8 Å². The zero-order valence-electron chi connectivity index (χ0n) is 12.6. The fourth-order valence-electron chi connectivity index (χ4n) is 2.57. The molecule has 0 aliphatic carbocycles. The third-order valence-electron chi connectivity index (χ3n) is 3.80. The van der Waals surface area contributed by atoms with Crippen LogP contribution < -0.4 is 0 Å². The van der Waals surface area contributed by atoms with E-state index in [0.29, 0.717) is 0 Å². The van der Waals surface area contributed by atoms with Gasteiger partial charge in [-0.2, -0.15) is 0 Å². The van der Waals surface area contributed by atoms with Gasteiger partial charge in [0.05, 0.1) is 11.0 Å². The first-order valence-corrected chi connectivity index (χ1v) is 8.59. The first kappa shape index (κ1) is 14.1. The van der Waals surface area contributed by atoms with Gasteiger partial charge in [0.25, 0.3) is 0 Å². The normalized spacial score (nSPS) is 11.0. The lowest BCUT2D eigenvalue weighted by atomic mass is 10.0. The molecular formula is C20H16N2S. The Morgan fingerprint density at radius 1 is 0.739 bits per heavy atom. The molecule has 1 aromatic heterocycles. The molecule has 3 heteroatoms. The van der Waals surface area contributed by atoms with Crippen molar-refractivity contribution in [2.45, 2.75) is 10.9 Å². The zero-order valence-corrected chi connectivity index (χ0v) is 13.4. The van der Waals surface area contributed by atoms with Gasteiger partial charge >= 0.3 is 0 Å². The van der Waals surface area contributed by atoms with Crippen molar-refractivity contribution in [2.24, 2.45) is 0 Å². The highest BCUT2D eigenvalue weighted by Crippen LogP contribution is 2.25. The summed E-state index contributed by atoms with van der Waals surface area (Å²) >= 11 is 1.73. The average Bonchev–Trinajstić information content (AvgIpc) is 3.04. The summed E-state index contributed by atoms with van der Waals surface area (Å²) in [5.74, 6) is 0.912. The highest BCUT2D eigenvalue weighted by molar-refractivity contribution is 7.98. The summed E-state index contributed by atoms with van der Waals surface area (Å²) in [6.07, 6.45) is 0. The Morgan fingerprint density at radius 2 is 1.43 bits per heavy atom. The number of nitrogens with zero attached hydrogens (tertiary/aromatic N) is 1. The van der Waals surface area contributed by atoms with Crippen LogP contribution in [0.2, 0.25) is 0 Å². The summed E-state index contributed by atoms with van der Waals surface area (Å²) < 4.78 is 0. The maximum Gasteiger partial charge on any atom is 0.166 e. The lowest BCUT2D eigenvalue weighted by Crippen LogP contribution is -1.83. The van der Waals surface area contributed by atoms with Gasteiger partial charge in [0.15, 0.2) is 5.16 Å². The third kappa shape index (κ3) is 3.15. The number of H-pyrrole nitrogens is 1. The maximum atomic E-state index is 4.60. The lowest BCUT2D eigenvalue weighted by Gasteiger charge is -2.03. The Morgan fingerprint density at radius 3 is 2.22 bits per heavy atom. The van der Waals surface area contributed by atoms with Gasteiger partial charge in [0, 0.05) is 5.75 Å². The lowest BCUT2D eigenvalue weighted by molar-refractivity contribution is 1.08. The Labute approximate surface area is 139 Å². The van der Waals surface area contributed by atoms with Crippen molar-refractivity contribution in [3.05, 3.63) is 84.4 Å². The number of rotatable bonds is 4. The van der Waals surface area contributed by atoms with Crippen molar-refractivity contribution in [2.75, 3.05) is 0 Å². The highest BCUT2D eigenvalue weighted by Gasteiger charge is 2.03. The largest absolute Gasteiger partial charge is 0.333 e. The number of imidazole rings is 1. The number of thioether (sulfide) groups is 1. The molecule has 0 spiro atoms. The van der Waals surface area contributed by atoms with Crippen LogP contribution in [0.1, 0.15) is 5.56 Å². The molecule has 2 nitrogen and oxygen atoms in total. The minimum absolute atomic E-state index is 0.912. The van der Waals surface area contributed by atoms with Crippen molar-refractivity contribution in [1.82, 2.24) is 9.97 Å². The topological polar surface area (TPSA) is 28.7 Å². The van der Waals surface area contributed by atoms with Gasteiger partial charge in [0.1, 0.15) is 0 Å². The summed E-state index contributed by atoms with van der Waals surface area (Å²) in [4.78, 5) is 7.96. The zero-order chi connectivity index (χ0) is 15.5. The number of fused-ring (bicyclic) bond motifs is 1. The van der Waals surface area contributed by atoms with E-state index in [0.717, 1.165) is 21.9 Å². The molecule has 112 valence electrons. The summed E-state index contributed by atoms with van der Waals surface area (Å²) in [7, 11) is 0. The molecule has 0 aliphatic heterocycles. The minimum atomic E-state index is 0.912. The molecule has 1 heterocycles. The van der Waals surface area contributed by atoms with E-state index in [2.05, 4.69) is 64.6 Å². The van der Waals surface area contributed by atoms with Gasteiger partial charge in [-0.05, 0) is 28.8 Å². The molecule has 0 saturated heterocycles. The Hall–Kier alpha value is -2.52. The quantitative estimate of drug-likeness (QED) is 0.502. The van der Waals surface area contributed by atoms with Gasteiger partial charge in [0.2, 0.25) is 0 Å². The molecule has 23 heavy (non-hydrogen) atoms. The molecule has 0 bridgehead atoms. The Balaban J connectivity index is 1.47. The van der Waals surface area contributed by atoms with Gasteiger partial charge in [-0.25, -0.2) is 4.98 Å². The number of nitrogens with one attached hydrogen (secondary N) is 1. The minimum Gasteiger partial charge on any atom is -0.333 e. The molecule has 1 N–H and O–H groups in total. The van der Waals surface area contributed by atoms with Crippen molar-refractivity contribution in [3.63, 3.8) is 0 Å². The number of para-hydroxylation sites is 2. The van der Waals surface area contributed by atoms with E-state index in [1.54, 1.807) is 11.8 Å². The Bertz CT molecular complexity index is 878. The van der Waals surface area contributed by atoms with Crippen LogP contribution in [0.3, 0.4) is 0 Å². The van der Waals surface area contributed by atoms with Gasteiger partial charge in [-0.15, -0.1) is 0 Å². The molecule has 0 unspecified atom stereocenters. The predicted octanol–water partition coefficient (Wildman–Crippen LogP) is 5.52. The van der Waals surface area contributed by atoms with Crippen LogP contribution in [0.4, 0.5) is 0 Å². The molecule has 0 fully saturated rings. The highest BCUT2D eigenvalue weighted by atomic mass is 32.2. The third-order valence-corrected chi connectivity index (χ3v) is 4.75. The molecule has 4 aromatic rings. The van der Waals surface area contributed by atoms with Crippen LogP contribution in [0.15, 0.2) is 84.0 Å². The van der Waals surface area contributed by atoms with E-state index in [4.69, 9.17) is 0 Å². The molecular weight excluding hydrogens is 300 g/mol. The number of hydrogen-bond acceptors (Lipinski definition) is 2. The number of hydrogen-bond donors (Lipinski definition) is 1. The van der Waals surface area contributed by atoms with Crippen molar-refractivity contribution in [1.29, 1.82) is 0 Å². The molecule has 0 atom stereocenters. The summed E-state index contributed by atoms with van der Waals surface area (Å²) in [5, 5.41) is 0.971. The van der Waals surface area contributed by atoms with Gasteiger partial charge in [-0.3, -0.25) is 0 Å². The molecule has 3 aromatic carbocycles. The number of benzene rings is 3. The molecule has 0 saturated carbocycles. The van der Waals surface area contributed by atoms with Crippen molar-refractivity contribution < 1.29 is 0 Å². The monoisotopic (exact) mass is 316 g/mol. The summed E-state index contributed by atoms with van der Waals surface area (Å²) in [6.45, 7) is 0. The summed E-state index contributed by atoms with van der Waals surface area (Å²) in [5.41, 5.74) is 5.92. The Kier molecular flexibility index (Phi) is 3.86. The van der Waals surface area contributed by atoms with Gasteiger partial charge < -0.3 is 4.98 Å². The molecule has 0 amide bonds. The average molecular weight is 316 g/mol. The number of aromatic nitrogens is 2. The second-order valence-corrected chi connectivity index (χ2v) is 6.37. The van der Waals surface area contributed by atoms with Crippen LogP contribution in [0.25, 0.3) is 22.2 Å². The van der Waals surface area contributed by atoms with E-state index < -0.39 is 0 Å². The smallest absolute Gasteiger partial charge is 0.166 e. The van der Waals surface area contributed by atoms with Crippen LogP contribution in [-0.4, -0.2) is 9.97 Å². The van der Waals surface area contributed by atoms with E-state index in [-0.39, 0.29) is 0 Å². The van der Waals surface area contributed by atoms with Crippen molar-refractivity contribution in [3.8, 4) is 11.1 Å². The SMILES string of the molecule is c1ccc(-c2ccc(CSc3nc4ccccc4[nH]3)cc2)cc1. The number of aromatic amines is 1. The molecule has 4 rings (SSSR count).